The number of urea groups is 1. The molecule has 5 nitrogen and oxygen atoms in total. The van der Waals surface area contributed by atoms with Crippen LogP contribution in [0.4, 0.5) is 10.5 Å². The largest absolute Gasteiger partial charge is 0.493 e. The molecule has 1 N–H and O–H groups in total. The van der Waals surface area contributed by atoms with Gasteiger partial charge in [-0.3, -0.25) is 0 Å². The quantitative estimate of drug-likeness (QED) is 0.794. The molecule has 1 saturated heterocycles. The van der Waals surface area contributed by atoms with Crippen molar-refractivity contribution in [3.8, 4) is 5.75 Å². The maximum atomic E-state index is 12.3. The van der Waals surface area contributed by atoms with Crippen LogP contribution in [0.5, 0.6) is 5.75 Å². The van der Waals surface area contributed by atoms with Crippen LogP contribution in [0.1, 0.15) is 17.5 Å². The summed E-state index contributed by atoms with van der Waals surface area (Å²) in [5, 5.41) is 3.01. The third-order valence-corrected chi connectivity index (χ3v) is 4.88. The van der Waals surface area contributed by atoms with Crippen LogP contribution in [0.15, 0.2) is 48.5 Å². The number of benzene rings is 2. The Hall–Kier alpha value is -2.69. The SMILES string of the molecule is Cc1cccc(N2CCN(C(=O)NCCCOc3ccccc3C)CC2)c1. The number of piperazine rings is 1. The third kappa shape index (κ3) is 5.39. The first kappa shape index (κ1) is 19.1. The summed E-state index contributed by atoms with van der Waals surface area (Å²) in [5.41, 5.74) is 3.64. The van der Waals surface area contributed by atoms with E-state index < -0.39 is 0 Å². The van der Waals surface area contributed by atoms with Gasteiger partial charge in [-0.1, -0.05) is 30.3 Å². The fourth-order valence-electron chi connectivity index (χ4n) is 3.27. The van der Waals surface area contributed by atoms with E-state index in [0.717, 1.165) is 43.9 Å². The number of carbonyl (C=O) groups is 1. The molecule has 0 aromatic heterocycles. The number of aryl methyl sites for hydroxylation is 2. The Kier molecular flexibility index (Phi) is 6.58. The van der Waals surface area contributed by atoms with E-state index in [1.165, 1.54) is 11.3 Å². The van der Waals surface area contributed by atoms with Gasteiger partial charge < -0.3 is 19.9 Å². The molecule has 2 aromatic rings. The van der Waals surface area contributed by atoms with E-state index in [-0.39, 0.29) is 6.03 Å². The lowest BCUT2D eigenvalue weighted by Crippen LogP contribution is -2.52. The molecule has 0 aliphatic carbocycles. The topological polar surface area (TPSA) is 44.8 Å². The second-order valence-corrected chi connectivity index (χ2v) is 7.01. The number of para-hydroxylation sites is 1. The van der Waals surface area contributed by atoms with Crippen LogP contribution in [-0.2, 0) is 0 Å². The standard InChI is InChI=1S/C22H29N3O2/c1-18-7-5-9-20(17-18)24-12-14-25(15-13-24)22(26)23-11-6-16-27-21-10-4-3-8-19(21)2/h3-5,7-10,17H,6,11-16H2,1-2H3,(H,23,26). The van der Waals surface area contributed by atoms with Crippen molar-refractivity contribution in [3.63, 3.8) is 0 Å². The Morgan fingerprint density at radius 1 is 1.04 bits per heavy atom. The summed E-state index contributed by atoms with van der Waals surface area (Å²) in [6.07, 6.45) is 0.795. The molecule has 5 heteroatoms. The average Bonchev–Trinajstić information content (AvgIpc) is 2.69. The van der Waals surface area contributed by atoms with Gasteiger partial charge in [0.15, 0.2) is 0 Å². The van der Waals surface area contributed by atoms with Crippen molar-refractivity contribution < 1.29 is 9.53 Å². The second-order valence-electron chi connectivity index (χ2n) is 7.01. The van der Waals surface area contributed by atoms with Crippen molar-refractivity contribution in [2.45, 2.75) is 20.3 Å². The fourth-order valence-corrected chi connectivity index (χ4v) is 3.27. The van der Waals surface area contributed by atoms with Gasteiger partial charge in [0.1, 0.15) is 5.75 Å². The monoisotopic (exact) mass is 367 g/mol. The van der Waals surface area contributed by atoms with Crippen LogP contribution in [-0.4, -0.2) is 50.3 Å². The molecule has 1 heterocycles. The van der Waals surface area contributed by atoms with Crippen LogP contribution in [0.2, 0.25) is 0 Å². The van der Waals surface area contributed by atoms with E-state index >= 15 is 0 Å². The van der Waals surface area contributed by atoms with Crippen molar-refractivity contribution in [1.82, 2.24) is 10.2 Å². The predicted octanol–water partition coefficient (Wildman–Crippen LogP) is 3.60. The number of ether oxygens (including phenoxy) is 1. The van der Waals surface area contributed by atoms with Crippen molar-refractivity contribution in [1.29, 1.82) is 0 Å². The maximum Gasteiger partial charge on any atom is 0.317 e. The first-order valence-corrected chi connectivity index (χ1v) is 9.66. The Balaban J connectivity index is 1.34. The fraction of sp³-hybridized carbons (Fsp3) is 0.409. The maximum absolute atomic E-state index is 12.3. The van der Waals surface area contributed by atoms with Gasteiger partial charge in [-0.15, -0.1) is 0 Å². The number of hydrogen-bond donors (Lipinski definition) is 1. The molecule has 0 atom stereocenters. The molecular weight excluding hydrogens is 338 g/mol. The van der Waals surface area contributed by atoms with Crippen LogP contribution < -0.4 is 15.0 Å². The van der Waals surface area contributed by atoms with E-state index in [1.807, 2.05) is 36.1 Å². The summed E-state index contributed by atoms with van der Waals surface area (Å²) < 4.78 is 5.77. The Labute approximate surface area is 161 Å². The van der Waals surface area contributed by atoms with Gasteiger partial charge in [-0.25, -0.2) is 4.79 Å². The molecule has 1 aliphatic heterocycles. The molecule has 0 spiro atoms. The molecule has 2 amide bonds. The Morgan fingerprint density at radius 2 is 1.81 bits per heavy atom. The molecule has 0 saturated carbocycles. The molecule has 0 radical (unpaired) electrons. The van der Waals surface area contributed by atoms with Gasteiger partial charge in [-0.2, -0.15) is 0 Å². The molecule has 3 rings (SSSR count). The minimum atomic E-state index is 0.0229. The first-order valence-electron chi connectivity index (χ1n) is 9.66. The van der Waals surface area contributed by atoms with Crippen LogP contribution in [0, 0.1) is 13.8 Å². The summed E-state index contributed by atoms with van der Waals surface area (Å²) in [7, 11) is 0. The summed E-state index contributed by atoms with van der Waals surface area (Å²) in [6.45, 7) is 8.61. The molecule has 1 aliphatic rings. The van der Waals surface area contributed by atoms with E-state index in [9.17, 15) is 4.79 Å². The van der Waals surface area contributed by atoms with Gasteiger partial charge in [0, 0.05) is 38.4 Å². The predicted molar refractivity (Wildman–Crippen MR) is 110 cm³/mol. The zero-order valence-corrected chi connectivity index (χ0v) is 16.3. The van der Waals surface area contributed by atoms with E-state index in [4.69, 9.17) is 4.74 Å². The van der Waals surface area contributed by atoms with Crippen molar-refractivity contribution in [2.24, 2.45) is 0 Å². The number of nitrogens with one attached hydrogen (secondary N) is 1. The Bertz CT molecular complexity index is 755. The van der Waals surface area contributed by atoms with Crippen molar-refractivity contribution in [3.05, 3.63) is 59.7 Å². The highest BCUT2D eigenvalue weighted by atomic mass is 16.5. The number of rotatable bonds is 6. The molecule has 144 valence electrons. The number of carbonyl (C=O) groups excluding carboxylic acids is 1. The highest BCUT2D eigenvalue weighted by molar-refractivity contribution is 5.74. The normalized spacial score (nSPS) is 14.1. The van der Waals surface area contributed by atoms with Gasteiger partial charge >= 0.3 is 6.03 Å². The molecule has 27 heavy (non-hydrogen) atoms. The highest BCUT2D eigenvalue weighted by Gasteiger charge is 2.20. The molecule has 2 aromatic carbocycles. The van der Waals surface area contributed by atoms with E-state index in [0.29, 0.717) is 13.2 Å². The lowest BCUT2D eigenvalue weighted by Gasteiger charge is -2.36. The second kappa shape index (κ2) is 9.31. The molecule has 0 unspecified atom stereocenters. The average molecular weight is 367 g/mol. The van der Waals surface area contributed by atoms with Gasteiger partial charge in [0.2, 0.25) is 0 Å². The summed E-state index contributed by atoms with van der Waals surface area (Å²) in [6, 6.07) is 16.5. The third-order valence-electron chi connectivity index (χ3n) is 4.88. The van der Waals surface area contributed by atoms with Crippen LogP contribution in [0.3, 0.4) is 0 Å². The summed E-state index contributed by atoms with van der Waals surface area (Å²) in [4.78, 5) is 16.6. The summed E-state index contributed by atoms with van der Waals surface area (Å²) in [5.74, 6) is 0.913. The van der Waals surface area contributed by atoms with Crippen molar-refractivity contribution >= 4 is 11.7 Å². The lowest BCUT2D eigenvalue weighted by molar-refractivity contribution is 0.193. The van der Waals surface area contributed by atoms with E-state index in [1.54, 1.807) is 0 Å². The smallest absolute Gasteiger partial charge is 0.317 e. The molecule has 1 fully saturated rings. The number of nitrogens with zero attached hydrogens (tertiary/aromatic N) is 2. The number of amides is 2. The zero-order chi connectivity index (χ0) is 19.1. The first-order chi connectivity index (χ1) is 13.1. The molecule has 0 bridgehead atoms. The van der Waals surface area contributed by atoms with Crippen LogP contribution >= 0.6 is 0 Å². The Morgan fingerprint density at radius 3 is 2.56 bits per heavy atom. The van der Waals surface area contributed by atoms with Crippen molar-refractivity contribution in [2.75, 3.05) is 44.2 Å². The van der Waals surface area contributed by atoms with Crippen LogP contribution in [0.25, 0.3) is 0 Å². The van der Waals surface area contributed by atoms with Gasteiger partial charge in [0.05, 0.1) is 6.61 Å². The van der Waals surface area contributed by atoms with E-state index in [2.05, 4.69) is 41.4 Å². The van der Waals surface area contributed by atoms with Gasteiger partial charge in [-0.05, 0) is 49.6 Å². The lowest BCUT2D eigenvalue weighted by atomic mass is 10.2. The molecular formula is C22H29N3O2. The highest BCUT2D eigenvalue weighted by Crippen LogP contribution is 2.18. The zero-order valence-electron chi connectivity index (χ0n) is 16.3. The number of anilines is 1. The minimum Gasteiger partial charge on any atom is -0.493 e. The summed E-state index contributed by atoms with van der Waals surface area (Å²) >= 11 is 0. The number of hydrogen-bond acceptors (Lipinski definition) is 3. The van der Waals surface area contributed by atoms with Gasteiger partial charge in [0.25, 0.3) is 0 Å². The minimum absolute atomic E-state index is 0.0229.